The lowest BCUT2D eigenvalue weighted by Crippen LogP contribution is -2.24. The van der Waals surface area contributed by atoms with Crippen molar-refractivity contribution in [3.8, 4) is 5.75 Å². The van der Waals surface area contributed by atoms with Gasteiger partial charge in [-0.15, -0.1) is 0 Å². The van der Waals surface area contributed by atoms with Crippen LogP contribution in [0, 0.1) is 11.8 Å². The lowest BCUT2D eigenvalue weighted by Gasteiger charge is -2.32. The van der Waals surface area contributed by atoms with E-state index in [1.54, 1.807) is 6.07 Å². The zero-order valence-electron chi connectivity index (χ0n) is 13.5. The van der Waals surface area contributed by atoms with Crippen LogP contribution in [0.2, 0.25) is 0 Å². The molecular weight excluding hydrogens is 339 g/mol. The first-order chi connectivity index (χ1) is 10.2. The highest BCUT2D eigenvalue weighted by molar-refractivity contribution is 9.12. The SMILES string of the molecule is [B]C1=C(O)C(Br)=C(C)C(Cc2ccc(O)c(C(C)C)c2)C1C. The summed E-state index contributed by atoms with van der Waals surface area (Å²) in [6.45, 7) is 8.21. The Hall–Kier alpha value is -1.16. The van der Waals surface area contributed by atoms with Gasteiger partial charge in [0, 0.05) is 0 Å². The van der Waals surface area contributed by atoms with E-state index in [0.717, 1.165) is 17.6 Å². The molecule has 0 spiro atoms. The molecule has 0 saturated carbocycles. The van der Waals surface area contributed by atoms with Crippen molar-refractivity contribution in [3.05, 3.63) is 50.6 Å². The Balaban J connectivity index is 2.34. The molecule has 0 bridgehead atoms. The summed E-state index contributed by atoms with van der Waals surface area (Å²) in [6.07, 6.45) is 0.829. The summed E-state index contributed by atoms with van der Waals surface area (Å²) < 4.78 is 0.705. The van der Waals surface area contributed by atoms with Crippen LogP contribution in [0.25, 0.3) is 0 Å². The van der Waals surface area contributed by atoms with Crippen LogP contribution in [0.1, 0.15) is 44.7 Å². The fraction of sp³-hybridized carbons (Fsp3) is 0.444. The molecule has 1 aliphatic carbocycles. The fourth-order valence-corrected chi connectivity index (χ4v) is 3.58. The lowest BCUT2D eigenvalue weighted by atomic mass is 9.69. The smallest absolute Gasteiger partial charge is 0.119 e. The summed E-state index contributed by atoms with van der Waals surface area (Å²) in [5.41, 5.74) is 3.78. The Morgan fingerprint density at radius 3 is 2.50 bits per heavy atom. The number of allylic oxidation sites excluding steroid dienone is 3. The maximum absolute atomic E-state index is 10.0. The van der Waals surface area contributed by atoms with Crippen LogP contribution in [0.3, 0.4) is 0 Å². The molecule has 1 aromatic carbocycles. The molecule has 22 heavy (non-hydrogen) atoms. The number of hydrogen-bond donors (Lipinski definition) is 2. The second kappa shape index (κ2) is 6.53. The predicted octanol–water partition coefficient (Wildman–Crippen LogP) is 4.93. The van der Waals surface area contributed by atoms with Gasteiger partial charge in [0.1, 0.15) is 19.4 Å². The molecule has 0 aliphatic heterocycles. The molecule has 0 aromatic heterocycles. The molecule has 2 nitrogen and oxygen atoms in total. The maximum Gasteiger partial charge on any atom is 0.119 e. The number of aliphatic hydroxyl groups excluding tert-OH is 1. The van der Waals surface area contributed by atoms with E-state index in [1.807, 2.05) is 19.9 Å². The largest absolute Gasteiger partial charge is 0.508 e. The van der Waals surface area contributed by atoms with Crippen molar-refractivity contribution >= 4 is 23.8 Å². The summed E-state index contributed by atoms with van der Waals surface area (Å²) in [7, 11) is 6.05. The molecule has 1 aliphatic rings. The second-order valence-electron chi connectivity index (χ2n) is 6.45. The minimum Gasteiger partial charge on any atom is -0.508 e. The molecule has 2 radical (unpaired) electrons. The molecule has 0 heterocycles. The molecule has 4 heteroatoms. The Morgan fingerprint density at radius 1 is 1.27 bits per heavy atom. The number of rotatable bonds is 3. The Labute approximate surface area is 142 Å². The number of hydrogen-bond acceptors (Lipinski definition) is 2. The van der Waals surface area contributed by atoms with Crippen molar-refractivity contribution in [3.63, 3.8) is 0 Å². The van der Waals surface area contributed by atoms with E-state index >= 15 is 0 Å². The molecule has 2 atom stereocenters. The first kappa shape index (κ1) is 17.2. The first-order valence-electron chi connectivity index (χ1n) is 7.61. The molecule has 2 rings (SSSR count). The monoisotopic (exact) mass is 360 g/mol. The zero-order chi connectivity index (χ0) is 16.6. The minimum absolute atomic E-state index is 0.0811. The number of phenols is 1. The van der Waals surface area contributed by atoms with E-state index in [-0.39, 0.29) is 23.5 Å². The van der Waals surface area contributed by atoms with Crippen LogP contribution in [0.15, 0.2) is 39.5 Å². The summed E-state index contributed by atoms with van der Waals surface area (Å²) in [5, 5.41) is 20.0. The van der Waals surface area contributed by atoms with Gasteiger partial charge < -0.3 is 10.2 Å². The van der Waals surface area contributed by atoms with E-state index in [0.29, 0.717) is 15.7 Å². The maximum atomic E-state index is 10.0. The normalized spacial score (nSPS) is 22.6. The van der Waals surface area contributed by atoms with Crippen molar-refractivity contribution in [2.75, 3.05) is 0 Å². The molecule has 2 N–H and O–H groups in total. The van der Waals surface area contributed by atoms with Crippen LogP contribution in [0.4, 0.5) is 0 Å². The van der Waals surface area contributed by atoms with Gasteiger partial charge in [0.25, 0.3) is 0 Å². The van der Waals surface area contributed by atoms with Crippen molar-refractivity contribution in [1.29, 1.82) is 0 Å². The third-order valence-corrected chi connectivity index (χ3v) is 5.65. The third-order valence-electron chi connectivity index (χ3n) is 4.65. The van der Waals surface area contributed by atoms with E-state index < -0.39 is 0 Å². The van der Waals surface area contributed by atoms with Crippen molar-refractivity contribution < 1.29 is 10.2 Å². The highest BCUT2D eigenvalue weighted by Gasteiger charge is 2.29. The number of aromatic hydroxyl groups is 1. The van der Waals surface area contributed by atoms with Gasteiger partial charge in [-0.05, 0) is 64.2 Å². The fourth-order valence-electron chi connectivity index (χ4n) is 3.06. The van der Waals surface area contributed by atoms with E-state index in [2.05, 4.69) is 35.8 Å². The summed E-state index contributed by atoms with van der Waals surface area (Å²) >= 11 is 3.44. The summed E-state index contributed by atoms with van der Waals surface area (Å²) in [4.78, 5) is 0. The van der Waals surface area contributed by atoms with Gasteiger partial charge in [0.15, 0.2) is 0 Å². The van der Waals surface area contributed by atoms with Gasteiger partial charge in [-0.3, -0.25) is 0 Å². The van der Waals surface area contributed by atoms with Crippen LogP contribution in [-0.2, 0) is 6.42 Å². The van der Waals surface area contributed by atoms with Gasteiger partial charge in [0.2, 0.25) is 0 Å². The second-order valence-corrected chi connectivity index (χ2v) is 7.24. The number of aliphatic hydroxyl groups is 1. The van der Waals surface area contributed by atoms with Crippen LogP contribution < -0.4 is 0 Å². The summed E-state index contributed by atoms with van der Waals surface area (Å²) in [5.74, 6) is 1.10. The number of phenolic OH excluding ortho intramolecular Hbond substituents is 1. The van der Waals surface area contributed by atoms with Crippen LogP contribution in [-0.4, -0.2) is 18.1 Å². The van der Waals surface area contributed by atoms with E-state index in [9.17, 15) is 10.2 Å². The van der Waals surface area contributed by atoms with Crippen LogP contribution in [0.5, 0.6) is 5.75 Å². The summed E-state index contributed by atoms with van der Waals surface area (Å²) in [6, 6.07) is 5.80. The Bertz CT molecular complexity index is 646. The quantitative estimate of drug-likeness (QED) is 0.750. The van der Waals surface area contributed by atoms with Gasteiger partial charge in [0.05, 0.1) is 4.48 Å². The van der Waals surface area contributed by atoms with Gasteiger partial charge >= 0.3 is 0 Å². The van der Waals surface area contributed by atoms with E-state index in [4.69, 9.17) is 7.85 Å². The molecule has 0 fully saturated rings. The molecule has 0 amide bonds. The Morgan fingerprint density at radius 2 is 1.91 bits per heavy atom. The highest BCUT2D eigenvalue weighted by Crippen LogP contribution is 2.41. The third kappa shape index (κ3) is 3.12. The van der Waals surface area contributed by atoms with Crippen molar-refractivity contribution in [1.82, 2.24) is 0 Å². The average molecular weight is 361 g/mol. The molecule has 0 saturated heterocycles. The molecule has 116 valence electrons. The zero-order valence-corrected chi connectivity index (χ0v) is 15.1. The van der Waals surface area contributed by atoms with Gasteiger partial charge in [-0.1, -0.05) is 43.9 Å². The molecular formula is C18H22BBrO2. The standard InChI is InChI=1S/C18H22BBrO2/c1-9(2)13-7-12(5-6-15(13)21)8-14-10(3)16(19)18(22)17(20)11(14)4/h5-7,9-10,14,21-22H,8H2,1-4H3. The Kier molecular flexibility index (Phi) is 5.11. The van der Waals surface area contributed by atoms with Crippen LogP contribution >= 0.6 is 15.9 Å². The van der Waals surface area contributed by atoms with E-state index in [1.165, 1.54) is 5.56 Å². The lowest BCUT2D eigenvalue weighted by molar-refractivity contribution is 0.381. The van der Waals surface area contributed by atoms with Gasteiger partial charge in [-0.25, -0.2) is 0 Å². The highest BCUT2D eigenvalue weighted by atomic mass is 79.9. The van der Waals surface area contributed by atoms with Crippen molar-refractivity contribution in [2.24, 2.45) is 11.8 Å². The van der Waals surface area contributed by atoms with Crippen molar-refractivity contribution in [2.45, 2.75) is 40.0 Å². The molecule has 2 unspecified atom stereocenters. The topological polar surface area (TPSA) is 40.5 Å². The minimum atomic E-state index is 0.0811. The average Bonchev–Trinajstić information content (AvgIpc) is 2.49. The number of halogens is 1. The molecule has 1 aromatic rings. The van der Waals surface area contributed by atoms with Gasteiger partial charge in [-0.2, -0.15) is 0 Å². The number of benzene rings is 1. The predicted molar refractivity (Wildman–Crippen MR) is 95.6 cm³/mol. The first-order valence-corrected chi connectivity index (χ1v) is 8.40.